The lowest BCUT2D eigenvalue weighted by Crippen LogP contribution is -2.24. The summed E-state index contributed by atoms with van der Waals surface area (Å²) in [5.41, 5.74) is 1.18. The van der Waals surface area contributed by atoms with Crippen molar-refractivity contribution in [1.29, 1.82) is 0 Å². The molecular weight excluding hydrogens is 184 g/mol. The third-order valence-corrected chi connectivity index (χ3v) is 3.18. The Balaban J connectivity index is 1.58. The summed E-state index contributed by atoms with van der Waals surface area (Å²) in [6.45, 7) is 4.57. The fourth-order valence-corrected chi connectivity index (χ4v) is 1.92. The van der Waals surface area contributed by atoms with Crippen LogP contribution in [0.1, 0.15) is 25.5 Å². The molecule has 1 unspecified atom stereocenters. The summed E-state index contributed by atoms with van der Waals surface area (Å²) in [7, 11) is 0. The predicted octanol–water partition coefficient (Wildman–Crippen LogP) is 2.26. The second-order valence-electron chi connectivity index (χ2n) is 4.59. The van der Waals surface area contributed by atoms with Crippen LogP contribution < -0.4 is 5.32 Å². The molecule has 2 nitrogen and oxygen atoms in total. The first-order valence-corrected chi connectivity index (χ1v) is 5.97. The zero-order chi connectivity index (χ0) is 10.5. The molecule has 2 heteroatoms. The second-order valence-corrected chi connectivity index (χ2v) is 4.59. The molecule has 0 aliphatic heterocycles. The number of rotatable bonds is 6. The Kier molecular flexibility index (Phi) is 3.73. The summed E-state index contributed by atoms with van der Waals surface area (Å²) in [5, 5.41) is 3.51. The molecule has 0 spiro atoms. The van der Waals surface area contributed by atoms with Crippen LogP contribution >= 0.6 is 0 Å². The van der Waals surface area contributed by atoms with Crippen molar-refractivity contribution in [3.63, 3.8) is 0 Å². The lowest BCUT2D eigenvalue weighted by atomic mass is 10.1. The maximum Gasteiger partial charge on any atom is 0.0416 e. The number of hydrogen-bond acceptors (Lipinski definition) is 2. The first kappa shape index (κ1) is 10.6. The zero-order valence-corrected chi connectivity index (χ0v) is 9.45. The molecule has 1 fully saturated rings. The molecule has 1 aromatic rings. The average molecular weight is 204 g/mol. The average Bonchev–Trinajstić information content (AvgIpc) is 3.09. The van der Waals surface area contributed by atoms with Gasteiger partial charge in [-0.1, -0.05) is 13.0 Å². The molecule has 0 saturated heterocycles. The highest BCUT2D eigenvalue weighted by Gasteiger charge is 2.27. The first-order chi connectivity index (χ1) is 7.36. The van der Waals surface area contributed by atoms with Crippen molar-refractivity contribution >= 4 is 0 Å². The Hall–Kier alpha value is -0.890. The third kappa shape index (κ3) is 3.63. The molecule has 1 saturated carbocycles. The number of aromatic nitrogens is 1. The minimum absolute atomic E-state index is 0.855. The van der Waals surface area contributed by atoms with Gasteiger partial charge in [0.1, 0.15) is 0 Å². The van der Waals surface area contributed by atoms with E-state index in [9.17, 15) is 0 Å². The minimum atomic E-state index is 0.855. The monoisotopic (exact) mass is 204 g/mol. The van der Waals surface area contributed by atoms with Crippen molar-refractivity contribution in [1.82, 2.24) is 10.3 Å². The van der Waals surface area contributed by atoms with Gasteiger partial charge in [-0.05, 0) is 43.4 Å². The smallest absolute Gasteiger partial charge is 0.0416 e. The lowest BCUT2D eigenvalue weighted by molar-refractivity contribution is 0.463. The number of hydrogen-bond donors (Lipinski definition) is 1. The summed E-state index contributed by atoms with van der Waals surface area (Å²) in [6.07, 6.45) is 5.80. The summed E-state index contributed by atoms with van der Waals surface area (Å²) in [6, 6.07) is 6.10. The van der Waals surface area contributed by atoms with Gasteiger partial charge in [-0.2, -0.15) is 0 Å². The van der Waals surface area contributed by atoms with Gasteiger partial charge in [-0.15, -0.1) is 0 Å². The Morgan fingerprint density at radius 2 is 2.33 bits per heavy atom. The topological polar surface area (TPSA) is 24.9 Å². The molecule has 0 bridgehead atoms. The van der Waals surface area contributed by atoms with Crippen LogP contribution in [0, 0.1) is 11.8 Å². The maximum absolute atomic E-state index is 4.30. The van der Waals surface area contributed by atoms with Gasteiger partial charge in [0, 0.05) is 24.9 Å². The van der Waals surface area contributed by atoms with Crippen molar-refractivity contribution < 1.29 is 0 Å². The molecular formula is C13H20N2. The fraction of sp³-hybridized carbons (Fsp3) is 0.615. The number of nitrogens with one attached hydrogen (secondary N) is 1. The van der Waals surface area contributed by atoms with Gasteiger partial charge in [0.2, 0.25) is 0 Å². The number of pyridine rings is 1. The zero-order valence-electron chi connectivity index (χ0n) is 9.45. The van der Waals surface area contributed by atoms with E-state index in [1.165, 1.54) is 18.5 Å². The van der Waals surface area contributed by atoms with Gasteiger partial charge >= 0.3 is 0 Å². The van der Waals surface area contributed by atoms with Crippen LogP contribution in [0.2, 0.25) is 0 Å². The summed E-state index contributed by atoms with van der Waals surface area (Å²) >= 11 is 0. The quantitative estimate of drug-likeness (QED) is 0.719. The first-order valence-electron chi connectivity index (χ1n) is 5.97. The molecule has 0 aromatic carbocycles. The van der Waals surface area contributed by atoms with E-state index in [2.05, 4.69) is 29.4 Å². The Bertz CT molecular complexity index is 280. The van der Waals surface area contributed by atoms with E-state index in [1.807, 2.05) is 12.3 Å². The van der Waals surface area contributed by atoms with E-state index in [-0.39, 0.29) is 0 Å². The van der Waals surface area contributed by atoms with Crippen LogP contribution in [0.4, 0.5) is 0 Å². The van der Waals surface area contributed by atoms with E-state index in [0.29, 0.717) is 0 Å². The van der Waals surface area contributed by atoms with Gasteiger partial charge in [-0.25, -0.2) is 0 Å². The van der Waals surface area contributed by atoms with Crippen LogP contribution in [-0.2, 0) is 6.42 Å². The molecule has 1 atom stereocenters. The highest BCUT2D eigenvalue weighted by atomic mass is 14.9. The van der Waals surface area contributed by atoms with Crippen molar-refractivity contribution in [3.05, 3.63) is 30.1 Å². The maximum atomic E-state index is 4.30. The molecule has 0 radical (unpaired) electrons. The predicted molar refractivity (Wildman–Crippen MR) is 62.7 cm³/mol. The van der Waals surface area contributed by atoms with E-state index in [4.69, 9.17) is 0 Å². The van der Waals surface area contributed by atoms with Gasteiger partial charge in [-0.3, -0.25) is 4.98 Å². The third-order valence-electron chi connectivity index (χ3n) is 3.18. The molecule has 1 N–H and O–H groups in total. The standard InChI is InChI=1S/C13H20N2/c1-11(12-5-6-12)10-14-9-7-13-4-2-3-8-15-13/h2-4,8,11-12,14H,5-7,9-10H2,1H3. The van der Waals surface area contributed by atoms with Crippen LogP contribution in [0.15, 0.2) is 24.4 Å². The van der Waals surface area contributed by atoms with Gasteiger partial charge < -0.3 is 5.32 Å². The lowest BCUT2D eigenvalue weighted by Gasteiger charge is -2.10. The largest absolute Gasteiger partial charge is 0.316 e. The summed E-state index contributed by atoms with van der Waals surface area (Å²) in [4.78, 5) is 4.30. The Morgan fingerprint density at radius 1 is 1.47 bits per heavy atom. The molecule has 82 valence electrons. The normalized spacial score (nSPS) is 17.7. The Labute approximate surface area is 92.1 Å². The summed E-state index contributed by atoms with van der Waals surface area (Å²) in [5.74, 6) is 1.86. The number of nitrogens with zero attached hydrogens (tertiary/aromatic N) is 1. The summed E-state index contributed by atoms with van der Waals surface area (Å²) < 4.78 is 0. The highest BCUT2D eigenvalue weighted by Crippen LogP contribution is 2.35. The van der Waals surface area contributed by atoms with Gasteiger partial charge in [0.15, 0.2) is 0 Å². The van der Waals surface area contributed by atoms with E-state index in [1.54, 1.807) is 0 Å². The second kappa shape index (κ2) is 5.26. The van der Waals surface area contributed by atoms with E-state index >= 15 is 0 Å². The molecule has 1 aromatic heterocycles. The van der Waals surface area contributed by atoms with Crippen molar-refractivity contribution in [2.75, 3.05) is 13.1 Å². The SMILES string of the molecule is CC(CNCCc1ccccn1)C1CC1. The molecule has 0 amide bonds. The van der Waals surface area contributed by atoms with Gasteiger partial charge in [0.05, 0.1) is 0 Å². The molecule has 1 aliphatic rings. The highest BCUT2D eigenvalue weighted by molar-refractivity contribution is 5.03. The van der Waals surface area contributed by atoms with Crippen LogP contribution in [0.3, 0.4) is 0 Å². The van der Waals surface area contributed by atoms with E-state index < -0.39 is 0 Å². The molecule has 1 heterocycles. The van der Waals surface area contributed by atoms with Crippen molar-refractivity contribution in [2.45, 2.75) is 26.2 Å². The molecule has 2 rings (SSSR count). The van der Waals surface area contributed by atoms with Gasteiger partial charge in [0.25, 0.3) is 0 Å². The van der Waals surface area contributed by atoms with Crippen molar-refractivity contribution in [3.8, 4) is 0 Å². The van der Waals surface area contributed by atoms with Crippen LogP contribution in [-0.4, -0.2) is 18.1 Å². The van der Waals surface area contributed by atoms with Crippen molar-refractivity contribution in [2.24, 2.45) is 11.8 Å². The Morgan fingerprint density at radius 3 is 3.00 bits per heavy atom. The van der Waals surface area contributed by atoms with E-state index in [0.717, 1.165) is 31.3 Å². The van der Waals surface area contributed by atoms with Crippen LogP contribution in [0.5, 0.6) is 0 Å². The minimum Gasteiger partial charge on any atom is -0.316 e. The molecule has 1 aliphatic carbocycles. The fourth-order valence-electron chi connectivity index (χ4n) is 1.92. The molecule has 15 heavy (non-hydrogen) atoms. The van der Waals surface area contributed by atoms with Crippen LogP contribution in [0.25, 0.3) is 0 Å².